The highest BCUT2D eigenvalue weighted by atomic mass is 32.3. The minimum Gasteiger partial charge on any atom is -0.383 e. The first-order chi connectivity index (χ1) is 21.7. The van der Waals surface area contributed by atoms with E-state index in [-0.39, 0.29) is 40.8 Å². The zero-order valence-electron chi connectivity index (χ0n) is 26.1. The molecule has 4 aliphatic carbocycles. The summed E-state index contributed by atoms with van der Waals surface area (Å²) in [6.45, 7) is 3.13. The van der Waals surface area contributed by atoms with Crippen LogP contribution in [0, 0.1) is 24.2 Å². The molecule has 0 heterocycles. The van der Waals surface area contributed by atoms with Crippen molar-refractivity contribution in [1.82, 2.24) is 0 Å². The maximum Gasteiger partial charge on any atom is 0.456 e. The summed E-state index contributed by atoms with van der Waals surface area (Å²) in [5, 5.41) is 11.4. The molecule has 13 heteroatoms. The maximum atomic E-state index is 15.2. The second kappa shape index (κ2) is 11.1. The van der Waals surface area contributed by atoms with Gasteiger partial charge >= 0.3 is 12.1 Å². The van der Waals surface area contributed by atoms with Crippen LogP contribution in [-0.2, 0) is 24.5 Å². The molecule has 0 radical (unpaired) electrons. The van der Waals surface area contributed by atoms with E-state index < -0.39 is 61.1 Å². The number of hydrogen-bond donors (Lipinski definition) is 1. The van der Waals surface area contributed by atoms with Crippen molar-refractivity contribution < 1.29 is 44.5 Å². The lowest BCUT2D eigenvalue weighted by Gasteiger charge is -2.56. The first-order valence-electron chi connectivity index (χ1n) is 15.5. The van der Waals surface area contributed by atoms with Crippen molar-refractivity contribution in [2.45, 2.75) is 92.2 Å². The number of alkyl halides is 5. The van der Waals surface area contributed by atoms with Crippen molar-refractivity contribution >= 4 is 25.5 Å². The lowest BCUT2D eigenvalue weighted by molar-refractivity contribution is -0.362. The monoisotopic (exact) mass is 697 g/mol. The summed E-state index contributed by atoms with van der Waals surface area (Å²) >= 11 is 0. The molecular weight excluding hydrogens is 661 g/mol. The van der Waals surface area contributed by atoms with Crippen molar-refractivity contribution in [3.63, 3.8) is 0 Å². The molecular formula is C34H36F5NO5S2. The summed E-state index contributed by atoms with van der Waals surface area (Å²) in [6, 6.07) is 12.0. The van der Waals surface area contributed by atoms with E-state index in [1.807, 2.05) is 0 Å². The molecule has 0 bridgehead atoms. The van der Waals surface area contributed by atoms with Crippen LogP contribution in [0.5, 0.6) is 0 Å². The van der Waals surface area contributed by atoms with Crippen LogP contribution >= 0.6 is 0 Å². The van der Waals surface area contributed by atoms with Gasteiger partial charge in [0, 0.05) is 28.9 Å². The van der Waals surface area contributed by atoms with Gasteiger partial charge < -0.3 is 5.11 Å². The number of rotatable bonds is 5. The van der Waals surface area contributed by atoms with Gasteiger partial charge in [-0.2, -0.15) is 30.4 Å². The highest BCUT2D eigenvalue weighted by Crippen LogP contribution is 2.70. The maximum absolute atomic E-state index is 15.2. The van der Waals surface area contributed by atoms with Gasteiger partial charge in [0.15, 0.2) is 5.78 Å². The number of fused-ring (bicyclic) bond motifs is 4. The number of sulfonamides is 1. The minimum absolute atomic E-state index is 0.00138. The van der Waals surface area contributed by atoms with E-state index in [1.54, 1.807) is 37.3 Å². The number of hydrogen-bond acceptors (Lipinski definition) is 5. The standard InChI is InChI=1S/C34H36F5NO5S2/c1-20-4-10-25(11-5-20)47(44,45)40-46(3,43)24-12-6-21(7-13-24)28-19-31(2)29(16-17-32(31,42)33(35,36)34(37,38)39)27-14-8-22-18-23(41)9-15-26(22)30(27)28/h4-7,10-13,18,27-29,42H,8-9,14-17,19H2,1-3H3/t27-,28+,29-,31-,32-,46?/m0/s1. The van der Waals surface area contributed by atoms with E-state index in [2.05, 4.69) is 3.77 Å². The van der Waals surface area contributed by atoms with E-state index in [0.29, 0.717) is 24.8 Å². The molecule has 2 aromatic carbocycles. The smallest absolute Gasteiger partial charge is 0.383 e. The third kappa shape index (κ3) is 5.31. The van der Waals surface area contributed by atoms with Crippen LogP contribution in [0.15, 0.2) is 84.9 Å². The van der Waals surface area contributed by atoms with Gasteiger partial charge in [-0.1, -0.05) is 42.3 Å². The zero-order valence-corrected chi connectivity index (χ0v) is 27.7. The van der Waals surface area contributed by atoms with E-state index in [4.69, 9.17) is 0 Å². The molecule has 4 aliphatic rings. The fraction of sp³-hybridized carbons (Fsp3) is 0.500. The number of nitrogens with zero attached hydrogens (tertiary/aromatic N) is 1. The molecule has 1 N–H and O–H groups in total. The highest BCUT2D eigenvalue weighted by Gasteiger charge is 2.79. The van der Waals surface area contributed by atoms with Gasteiger partial charge in [0.25, 0.3) is 10.0 Å². The summed E-state index contributed by atoms with van der Waals surface area (Å²) in [6.07, 6.45) is -2.47. The number of ketones is 1. The largest absolute Gasteiger partial charge is 0.456 e. The Hall–Kier alpha value is -2.90. The summed E-state index contributed by atoms with van der Waals surface area (Å²) in [7, 11) is -7.78. The van der Waals surface area contributed by atoms with Crippen LogP contribution in [0.25, 0.3) is 0 Å². The van der Waals surface area contributed by atoms with Crippen LogP contribution in [-0.4, -0.2) is 47.5 Å². The first kappa shape index (κ1) is 34.0. The van der Waals surface area contributed by atoms with Gasteiger partial charge in [-0.3, -0.25) is 4.79 Å². The molecule has 1 unspecified atom stereocenters. The Morgan fingerprint density at radius 1 is 0.894 bits per heavy atom. The van der Waals surface area contributed by atoms with Crippen LogP contribution in [0.2, 0.25) is 0 Å². The van der Waals surface area contributed by atoms with E-state index >= 15 is 8.78 Å². The van der Waals surface area contributed by atoms with Gasteiger partial charge in [0.05, 0.1) is 14.6 Å². The van der Waals surface area contributed by atoms with Crippen molar-refractivity contribution in [3.8, 4) is 0 Å². The molecule has 0 aromatic heterocycles. The van der Waals surface area contributed by atoms with Gasteiger partial charge in [-0.15, -0.1) is 3.77 Å². The average Bonchev–Trinajstić information content (AvgIpc) is 3.27. The second-order valence-corrected chi connectivity index (χ2v) is 17.8. The van der Waals surface area contributed by atoms with Crippen molar-refractivity contribution in [3.05, 3.63) is 82.5 Å². The molecule has 0 saturated heterocycles. The molecule has 6 atom stereocenters. The molecule has 2 saturated carbocycles. The number of aliphatic hydroxyl groups is 1. The molecule has 47 heavy (non-hydrogen) atoms. The van der Waals surface area contributed by atoms with Crippen LogP contribution < -0.4 is 0 Å². The Balaban J connectivity index is 1.45. The Morgan fingerprint density at radius 3 is 2.13 bits per heavy atom. The molecule has 2 aromatic rings. The lowest BCUT2D eigenvalue weighted by Crippen LogP contribution is -2.65. The molecule has 2 fully saturated rings. The number of benzene rings is 2. The molecule has 254 valence electrons. The normalized spacial score (nSPS) is 31.0. The molecule has 6 nitrogen and oxygen atoms in total. The Labute approximate surface area is 271 Å². The number of carbonyl (C=O) groups is 1. The summed E-state index contributed by atoms with van der Waals surface area (Å²) in [5.41, 5.74) is -1.11. The lowest BCUT2D eigenvalue weighted by atomic mass is 9.50. The second-order valence-electron chi connectivity index (χ2n) is 13.7. The third-order valence-electron chi connectivity index (χ3n) is 11.0. The fourth-order valence-electron chi connectivity index (χ4n) is 8.65. The predicted octanol–water partition coefficient (Wildman–Crippen LogP) is 7.67. The number of aryl methyl sites for hydroxylation is 1. The van der Waals surface area contributed by atoms with Gasteiger partial charge in [-0.25, -0.2) is 4.21 Å². The Bertz CT molecular complexity index is 1930. The zero-order chi connectivity index (χ0) is 34.4. The van der Waals surface area contributed by atoms with Crippen LogP contribution in [0.3, 0.4) is 0 Å². The average molecular weight is 698 g/mol. The van der Waals surface area contributed by atoms with Gasteiger partial charge in [-0.05, 0) is 104 Å². The molecule has 6 rings (SSSR count). The third-order valence-corrected chi connectivity index (χ3v) is 15.0. The highest BCUT2D eigenvalue weighted by molar-refractivity contribution is 8.03. The number of allylic oxidation sites excluding steroid dienone is 4. The molecule has 0 amide bonds. The molecule has 0 spiro atoms. The van der Waals surface area contributed by atoms with Crippen molar-refractivity contribution in [2.24, 2.45) is 21.0 Å². The number of halogens is 5. The first-order valence-corrected chi connectivity index (χ1v) is 18.9. The summed E-state index contributed by atoms with van der Waals surface area (Å²) < 4.78 is 115. The fourth-order valence-corrected chi connectivity index (χ4v) is 12.0. The van der Waals surface area contributed by atoms with Crippen molar-refractivity contribution in [1.29, 1.82) is 0 Å². The summed E-state index contributed by atoms with van der Waals surface area (Å²) in [4.78, 5) is 12.3. The quantitative estimate of drug-likeness (QED) is 0.324. The Kier molecular flexibility index (Phi) is 8.00. The van der Waals surface area contributed by atoms with E-state index in [1.165, 1.54) is 37.4 Å². The topological polar surface area (TPSA) is 101 Å². The van der Waals surface area contributed by atoms with Gasteiger partial charge in [0.1, 0.15) is 5.60 Å². The van der Waals surface area contributed by atoms with Crippen LogP contribution in [0.4, 0.5) is 22.0 Å². The molecule has 0 aliphatic heterocycles. The van der Waals surface area contributed by atoms with Crippen LogP contribution in [0.1, 0.15) is 68.9 Å². The van der Waals surface area contributed by atoms with Crippen molar-refractivity contribution in [2.75, 3.05) is 6.26 Å². The number of carbonyl (C=O) groups excluding carboxylic acids is 1. The van der Waals surface area contributed by atoms with E-state index in [0.717, 1.165) is 22.3 Å². The predicted molar refractivity (Wildman–Crippen MR) is 166 cm³/mol. The SMILES string of the molecule is Cc1ccc(S(=O)(=O)N=S(C)(=O)c2ccc([C@H]3C[C@@]4(C)[C@@H](CC[C@@]4(O)C(F)(F)C(F)(F)F)[C@@H]4CCC5=CC(=O)CCC5=C43)cc2)cc1. The van der Waals surface area contributed by atoms with E-state index in [9.17, 15) is 35.7 Å². The Morgan fingerprint density at radius 2 is 1.51 bits per heavy atom. The summed E-state index contributed by atoms with van der Waals surface area (Å²) in [5.74, 6) is -7.08. The van der Waals surface area contributed by atoms with Gasteiger partial charge in [0.2, 0.25) is 0 Å². The minimum atomic E-state index is -5.95.